The third-order valence-corrected chi connectivity index (χ3v) is 0. The van der Waals surface area contributed by atoms with Gasteiger partial charge in [0, 0.05) is 33.6 Å². The zero-order valence-electron chi connectivity index (χ0n) is 1.41. The normalized spacial score (nSPS) is 0. The summed E-state index contributed by atoms with van der Waals surface area (Å²) in [5.41, 5.74) is 0. The predicted molar refractivity (Wildman–Crippen MR) is 0.686 cm³/mol. The summed E-state index contributed by atoms with van der Waals surface area (Å²) in [6.45, 7) is 0. The Hall–Kier alpha value is 1.48. The number of hydrogen-bond acceptors (Lipinski definition) is 0. The van der Waals surface area contributed by atoms with Crippen molar-refractivity contribution in [3.8, 4) is 0 Å². The predicted octanol–water partition coefficient (Wildman–Crippen LogP) is -0.126. The van der Waals surface area contributed by atoms with Crippen molar-refractivity contribution in [1.29, 1.82) is 0 Å². The van der Waals surface area contributed by atoms with Gasteiger partial charge in [0.05, 0.1) is 0 Å². The van der Waals surface area contributed by atoms with E-state index >= 15 is 0 Å². The van der Waals surface area contributed by atoms with Crippen LogP contribution in [-0.2, 0) is 55.8 Å². The zero-order valence-corrected chi connectivity index (χ0v) is 4.54. The summed E-state index contributed by atoms with van der Waals surface area (Å²) in [5, 5.41) is 0. The van der Waals surface area contributed by atoms with Crippen LogP contribution in [0.3, 0.4) is 0 Å². The van der Waals surface area contributed by atoms with Gasteiger partial charge in [-0.3, -0.25) is 0 Å². The van der Waals surface area contributed by atoms with Crippen molar-refractivity contribution in [1.82, 2.24) is 0 Å². The van der Waals surface area contributed by atoms with Crippen LogP contribution in [0.1, 0.15) is 0 Å². The molecule has 0 fully saturated rings. The van der Waals surface area contributed by atoms with Gasteiger partial charge in [0.25, 0.3) is 0 Å². The van der Waals surface area contributed by atoms with Crippen molar-refractivity contribution in [3.63, 3.8) is 0 Å². The summed E-state index contributed by atoms with van der Waals surface area (Å²) in [4.78, 5) is 0. The molecule has 0 aromatic heterocycles. The second-order valence-corrected chi connectivity index (χ2v) is 0. The van der Waals surface area contributed by atoms with Crippen LogP contribution in [0.5, 0.6) is 0 Å². The molecule has 0 rings (SSSR count). The summed E-state index contributed by atoms with van der Waals surface area (Å²) in [6, 6.07) is 0. The molecule has 33 valence electrons. The third-order valence-electron chi connectivity index (χ3n) is 0. The quantitative estimate of drug-likeness (QED) is 0.475. The van der Waals surface area contributed by atoms with E-state index in [1.54, 1.807) is 0 Å². The van der Waals surface area contributed by atoms with Gasteiger partial charge < -0.3 is 5.48 Å². The van der Waals surface area contributed by atoms with Crippen LogP contribution >= 0.6 is 0 Å². The van der Waals surface area contributed by atoms with Crippen molar-refractivity contribution in [2.45, 2.75) is 0 Å². The topological polar surface area (TPSA) is 28.5 Å². The van der Waals surface area contributed by atoms with Gasteiger partial charge in [0.2, 0.25) is 0 Å². The molecule has 0 amide bonds. The largest absolute Gasteiger partial charge is 2.00 e. The maximum atomic E-state index is 0. The van der Waals surface area contributed by atoms with Gasteiger partial charge in [-0.25, -0.2) is 0 Å². The average Bonchev–Trinajstić information content (AvgIpc) is 0. The summed E-state index contributed by atoms with van der Waals surface area (Å²) >= 11 is 0. The Morgan fingerprint density at radius 1 is 1.00 bits per heavy atom. The molecule has 1 radical (unpaired) electrons. The Labute approximate surface area is 55.8 Å². The van der Waals surface area contributed by atoms with E-state index in [1.807, 2.05) is 0 Å². The van der Waals surface area contributed by atoms with Crippen molar-refractivity contribution in [3.05, 3.63) is 0 Å². The fourth-order valence-electron chi connectivity index (χ4n) is 0. The Kier molecular flexibility index (Phi) is 311. The maximum absolute atomic E-state index is 0. The Balaban J connectivity index is 0. The smallest absolute Gasteiger partial charge is 2.00 e. The minimum Gasteiger partial charge on any atom is -2.00 e. The third kappa shape index (κ3) is 9.77. The second-order valence-electron chi connectivity index (χ2n) is 0. The Morgan fingerprint density at radius 2 is 1.00 bits per heavy atom. The molecule has 0 bridgehead atoms. The first-order valence-electron chi connectivity index (χ1n) is 0. The molecule has 0 aliphatic carbocycles. The fraction of sp³-hybridized carbons (Fsp3) is 0. The van der Waals surface area contributed by atoms with E-state index in [9.17, 15) is 0 Å². The molecule has 0 unspecified atom stereocenters. The summed E-state index contributed by atoms with van der Waals surface area (Å²) in [6.07, 6.45) is 0. The SMILES string of the molecule is [Co+2].[Fe].[Ni].[O-2]. The first-order chi connectivity index (χ1) is 0. The molecule has 0 aliphatic rings. The summed E-state index contributed by atoms with van der Waals surface area (Å²) in [7, 11) is 0. The molecule has 0 spiro atoms. The maximum Gasteiger partial charge on any atom is 2.00 e. The second kappa shape index (κ2) is 24.8. The van der Waals surface area contributed by atoms with Gasteiger partial charge >= 0.3 is 16.8 Å². The molecule has 0 saturated heterocycles. The fourth-order valence-corrected chi connectivity index (χ4v) is 0. The molecule has 0 aromatic carbocycles. The average molecular weight is 189 g/mol. The minimum absolute atomic E-state index is 0. The zero-order chi connectivity index (χ0) is 0. The molecule has 0 N–H and O–H groups in total. The summed E-state index contributed by atoms with van der Waals surface area (Å²) in [5.74, 6) is 0. The van der Waals surface area contributed by atoms with Crippen molar-refractivity contribution in [2.75, 3.05) is 0 Å². The molecular formula is CoFeNiO. The van der Waals surface area contributed by atoms with Crippen LogP contribution in [0.15, 0.2) is 0 Å². The van der Waals surface area contributed by atoms with Crippen molar-refractivity contribution >= 4 is 0 Å². The van der Waals surface area contributed by atoms with Crippen LogP contribution in [0, 0.1) is 0 Å². The van der Waals surface area contributed by atoms with E-state index in [-0.39, 0.29) is 55.8 Å². The standard InChI is InChI=1S/Co.Fe.Ni.O/q+2;;;-2. The molecule has 4 heteroatoms. The molecule has 0 atom stereocenters. The molecule has 1 nitrogen and oxygen atoms in total. The van der Waals surface area contributed by atoms with E-state index < -0.39 is 0 Å². The molecule has 0 saturated carbocycles. The first kappa shape index (κ1) is 50.2. The molecule has 0 aromatic rings. The van der Waals surface area contributed by atoms with Crippen LogP contribution in [0.4, 0.5) is 0 Å². The monoisotopic (exact) mass is 189 g/mol. The van der Waals surface area contributed by atoms with E-state index in [0.29, 0.717) is 0 Å². The van der Waals surface area contributed by atoms with Gasteiger partial charge in [-0.15, -0.1) is 0 Å². The Bertz CT molecular complexity index is 8.00. The van der Waals surface area contributed by atoms with Crippen molar-refractivity contribution in [2.24, 2.45) is 0 Å². The summed E-state index contributed by atoms with van der Waals surface area (Å²) < 4.78 is 0. The minimum atomic E-state index is 0. The van der Waals surface area contributed by atoms with E-state index in [2.05, 4.69) is 0 Å². The van der Waals surface area contributed by atoms with E-state index in [1.165, 1.54) is 0 Å². The number of hydrogen-bond donors (Lipinski definition) is 0. The number of rotatable bonds is 0. The Morgan fingerprint density at radius 3 is 1.00 bits per heavy atom. The van der Waals surface area contributed by atoms with Gasteiger partial charge in [-0.1, -0.05) is 0 Å². The van der Waals surface area contributed by atoms with Crippen LogP contribution in [0.25, 0.3) is 0 Å². The van der Waals surface area contributed by atoms with Crippen LogP contribution in [-0.4, -0.2) is 0 Å². The first-order valence-corrected chi connectivity index (χ1v) is 0. The molecule has 0 aliphatic heterocycles. The molecule has 4 heavy (non-hydrogen) atoms. The van der Waals surface area contributed by atoms with E-state index in [4.69, 9.17) is 0 Å². The van der Waals surface area contributed by atoms with E-state index in [0.717, 1.165) is 0 Å². The van der Waals surface area contributed by atoms with Crippen LogP contribution < -0.4 is 0 Å². The van der Waals surface area contributed by atoms with Crippen molar-refractivity contribution < 1.29 is 55.8 Å². The van der Waals surface area contributed by atoms with Crippen LogP contribution in [0.2, 0.25) is 0 Å². The molecular weight excluding hydrogens is 189 g/mol. The molecule has 0 heterocycles. The van der Waals surface area contributed by atoms with Gasteiger partial charge in [0.1, 0.15) is 0 Å². The van der Waals surface area contributed by atoms with Gasteiger partial charge in [-0.2, -0.15) is 0 Å². The van der Waals surface area contributed by atoms with Gasteiger partial charge in [-0.05, 0) is 0 Å². The van der Waals surface area contributed by atoms with Gasteiger partial charge in [0.15, 0.2) is 0 Å².